The van der Waals surface area contributed by atoms with E-state index in [2.05, 4.69) is 19.9 Å². The van der Waals surface area contributed by atoms with Crippen LogP contribution in [0.1, 0.15) is 23.4 Å². The zero-order chi connectivity index (χ0) is 23.5. The van der Waals surface area contributed by atoms with Crippen molar-refractivity contribution in [1.82, 2.24) is 19.9 Å². The van der Waals surface area contributed by atoms with Gasteiger partial charge in [0, 0.05) is 31.4 Å². The lowest BCUT2D eigenvalue weighted by Gasteiger charge is -2.42. The third kappa shape index (κ3) is 3.44. The molecule has 0 bridgehead atoms. The monoisotopic (exact) mass is 478 g/mol. The molecule has 1 aliphatic heterocycles. The van der Waals surface area contributed by atoms with Gasteiger partial charge in [-0.25, -0.2) is 23.5 Å². The highest BCUT2D eigenvalue weighted by molar-refractivity contribution is 7.89. The second kappa shape index (κ2) is 7.40. The third-order valence-electron chi connectivity index (χ3n) is 6.64. The molecule has 3 aromatic heterocycles. The number of aromatic amines is 1. The van der Waals surface area contributed by atoms with Crippen molar-refractivity contribution in [2.75, 3.05) is 24.5 Å². The van der Waals surface area contributed by atoms with Crippen molar-refractivity contribution < 1.29 is 17.6 Å². The van der Waals surface area contributed by atoms with Gasteiger partial charge in [-0.15, -0.1) is 0 Å². The lowest BCUT2D eigenvalue weighted by molar-refractivity contribution is 0.0592. The molecule has 3 N–H and O–H groups in total. The molecule has 1 spiro atoms. The zero-order valence-corrected chi connectivity index (χ0v) is 19.0. The number of carbonyl (C=O) groups is 1. The Labute approximate surface area is 195 Å². The summed E-state index contributed by atoms with van der Waals surface area (Å²) in [4.78, 5) is 29.5. The van der Waals surface area contributed by atoms with Gasteiger partial charge in [0.1, 0.15) is 23.6 Å². The van der Waals surface area contributed by atoms with E-state index in [1.165, 1.54) is 12.1 Å². The van der Waals surface area contributed by atoms with Gasteiger partial charge in [-0.1, -0.05) is 0 Å². The van der Waals surface area contributed by atoms with Crippen molar-refractivity contribution in [1.29, 1.82) is 0 Å². The standard InChI is InChI=1S/C23H22N6O4S/c24-34(31,32)16-3-1-15(2-4-16)18-5-6-19(33-18)22(30)29-12-11-28(13-23(29)8-9-23)21-17-7-10-25-20(17)26-14-27-21/h1-7,10,14H,8-9,11-13H2,(H2,24,31,32)(H,25,26,27). The average molecular weight is 479 g/mol. The number of fused-ring (bicyclic) bond motifs is 1. The van der Waals surface area contributed by atoms with Crippen LogP contribution in [0.4, 0.5) is 5.82 Å². The van der Waals surface area contributed by atoms with E-state index in [1.54, 1.807) is 30.6 Å². The largest absolute Gasteiger partial charge is 0.451 e. The number of benzene rings is 1. The maximum Gasteiger partial charge on any atom is 0.290 e. The topological polar surface area (TPSA) is 138 Å². The van der Waals surface area contributed by atoms with Gasteiger partial charge in [0.2, 0.25) is 10.0 Å². The minimum atomic E-state index is -3.77. The van der Waals surface area contributed by atoms with Crippen LogP contribution < -0.4 is 10.0 Å². The summed E-state index contributed by atoms with van der Waals surface area (Å²) in [6.45, 7) is 1.93. The predicted octanol–water partition coefficient (Wildman–Crippen LogP) is 2.36. The van der Waals surface area contributed by atoms with Crippen molar-refractivity contribution in [2.45, 2.75) is 23.3 Å². The van der Waals surface area contributed by atoms with Crippen LogP contribution in [-0.2, 0) is 10.0 Å². The highest BCUT2D eigenvalue weighted by atomic mass is 32.2. The van der Waals surface area contributed by atoms with E-state index >= 15 is 0 Å². The van der Waals surface area contributed by atoms with Gasteiger partial charge in [-0.3, -0.25) is 4.79 Å². The highest BCUT2D eigenvalue weighted by Gasteiger charge is 2.54. The van der Waals surface area contributed by atoms with Crippen LogP contribution in [0.15, 0.2) is 64.3 Å². The number of aromatic nitrogens is 3. The maximum absolute atomic E-state index is 13.4. The molecule has 1 amide bonds. The summed E-state index contributed by atoms with van der Waals surface area (Å²) in [6, 6.07) is 11.4. The van der Waals surface area contributed by atoms with E-state index < -0.39 is 10.0 Å². The summed E-state index contributed by atoms with van der Waals surface area (Å²) >= 11 is 0. The van der Waals surface area contributed by atoms with E-state index in [0.29, 0.717) is 31.0 Å². The van der Waals surface area contributed by atoms with Crippen LogP contribution in [0.3, 0.4) is 0 Å². The summed E-state index contributed by atoms with van der Waals surface area (Å²) in [5.41, 5.74) is 1.23. The van der Waals surface area contributed by atoms with E-state index in [-0.39, 0.29) is 22.1 Å². The molecular weight excluding hydrogens is 456 g/mol. The lowest BCUT2D eigenvalue weighted by atomic mass is 10.1. The Hall–Kier alpha value is -3.70. The lowest BCUT2D eigenvalue weighted by Crippen LogP contribution is -2.57. The zero-order valence-electron chi connectivity index (χ0n) is 18.1. The molecular formula is C23H22N6O4S. The summed E-state index contributed by atoms with van der Waals surface area (Å²) in [5.74, 6) is 1.50. The Bertz CT molecular complexity index is 1500. The number of hydrogen-bond donors (Lipinski definition) is 2. The predicted molar refractivity (Wildman–Crippen MR) is 125 cm³/mol. The molecule has 1 aliphatic carbocycles. The first-order chi connectivity index (χ1) is 16.3. The first kappa shape index (κ1) is 20.9. The number of rotatable bonds is 4. The Morgan fingerprint density at radius 2 is 1.85 bits per heavy atom. The maximum atomic E-state index is 13.4. The summed E-state index contributed by atoms with van der Waals surface area (Å²) in [5, 5.41) is 6.13. The fraction of sp³-hybridized carbons (Fsp3) is 0.261. The van der Waals surface area contributed by atoms with E-state index in [0.717, 1.165) is 29.7 Å². The Kier molecular flexibility index (Phi) is 4.55. The van der Waals surface area contributed by atoms with Gasteiger partial charge in [0.05, 0.1) is 15.8 Å². The fourth-order valence-electron chi connectivity index (χ4n) is 4.71. The first-order valence-electron chi connectivity index (χ1n) is 10.9. The molecule has 1 saturated carbocycles. The molecule has 2 fully saturated rings. The molecule has 0 atom stereocenters. The number of hydrogen-bond acceptors (Lipinski definition) is 7. The smallest absolute Gasteiger partial charge is 0.290 e. The summed E-state index contributed by atoms with van der Waals surface area (Å²) in [7, 11) is -3.77. The first-order valence-corrected chi connectivity index (χ1v) is 12.5. The molecule has 0 unspecified atom stereocenters. The van der Waals surface area contributed by atoms with Crippen molar-refractivity contribution in [2.24, 2.45) is 5.14 Å². The van der Waals surface area contributed by atoms with Crippen molar-refractivity contribution >= 4 is 32.8 Å². The number of furan rings is 1. The van der Waals surface area contributed by atoms with Crippen LogP contribution in [0.25, 0.3) is 22.4 Å². The van der Waals surface area contributed by atoms with Crippen molar-refractivity contribution in [3.8, 4) is 11.3 Å². The van der Waals surface area contributed by atoms with Gasteiger partial charge in [-0.2, -0.15) is 0 Å². The minimum Gasteiger partial charge on any atom is -0.451 e. The molecule has 10 nitrogen and oxygen atoms in total. The van der Waals surface area contributed by atoms with Gasteiger partial charge in [0.15, 0.2) is 5.76 Å². The summed E-state index contributed by atoms with van der Waals surface area (Å²) < 4.78 is 28.8. The number of anilines is 1. The average Bonchev–Trinajstić information content (AvgIpc) is 3.24. The fourth-order valence-corrected chi connectivity index (χ4v) is 5.22. The van der Waals surface area contributed by atoms with Crippen LogP contribution >= 0.6 is 0 Å². The molecule has 6 rings (SSSR count). The number of nitrogens with one attached hydrogen (secondary N) is 1. The normalized spacial score (nSPS) is 17.4. The number of H-pyrrole nitrogens is 1. The molecule has 4 aromatic rings. The van der Waals surface area contributed by atoms with E-state index in [9.17, 15) is 13.2 Å². The highest BCUT2D eigenvalue weighted by Crippen LogP contribution is 2.46. The van der Waals surface area contributed by atoms with E-state index in [1.807, 2.05) is 17.2 Å². The van der Waals surface area contributed by atoms with Crippen LogP contribution in [0.5, 0.6) is 0 Å². The quantitative estimate of drug-likeness (QED) is 0.459. The van der Waals surface area contributed by atoms with Crippen LogP contribution in [-0.4, -0.2) is 59.4 Å². The van der Waals surface area contributed by atoms with Gasteiger partial charge in [-0.05, 0) is 55.3 Å². The molecule has 0 radical (unpaired) electrons. The number of nitrogens with zero attached hydrogens (tertiary/aromatic N) is 4. The molecule has 2 aliphatic rings. The van der Waals surface area contributed by atoms with Crippen molar-refractivity contribution in [3.05, 3.63) is 60.7 Å². The second-order valence-corrected chi connectivity index (χ2v) is 10.3. The SMILES string of the molecule is NS(=O)(=O)c1ccc(-c2ccc(C(=O)N3CCN(c4ncnc5[nH]ccc45)CC34CC4)o2)cc1. The van der Waals surface area contributed by atoms with E-state index in [4.69, 9.17) is 9.56 Å². The third-order valence-corrected chi connectivity index (χ3v) is 7.57. The molecule has 34 heavy (non-hydrogen) atoms. The molecule has 4 heterocycles. The molecule has 174 valence electrons. The number of sulfonamides is 1. The summed E-state index contributed by atoms with van der Waals surface area (Å²) in [6.07, 6.45) is 5.27. The minimum absolute atomic E-state index is 0.0215. The number of amides is 1. The molecule has 11 heteroatoms. The number of primary sulfonamides is 1. The Morgan fingerprint density at radius 1 is 1.06 bits per heavy atom. The number of nitrogens with two attached hydrogens (primary N) is 1. The van der Waals surface area contributed by atoms with Crippen molar-refractivity contribution in [3.63, 3.8) is 0 Å². The number of carbonyl (C=O) groups excluding carboxylic acids is 1. The molecule has 1 saturated heterocycles. The van der Waals surface area contributed by atoms with Gasteiger partial charge in [0.25, 0.3) is 5.91 Å². The Balaban J connectivity index is 1.22. The van der Waals surface area contributed by atoms with Gasteiger partial charge < -0.3 is 19.2 Å². The number of piperazine rings is 1. The second-order valence-electron chi connectivity index (χ2n) is 8.77. The Morgan fingerprint density at radius 3 is 2.59 bits per heavy atom. The molecule has 1 aromatic carbocycles. The van der Waals surface area contributed by atoms with Gasteiger partial charge >= 0.3 is 0 Å². The van der Waals surface area contributed by atoms with Crippen LogP contribution in [0, 0.1) is 0 Å². The van der Waals surface area contributed by atoms with Crippen LogP contribution in [0.2, 0.25) is 0 Å².